The van der Waals surface area contributed by atoms with Gasteiger partial charge in [0.2, 0.25) is 5.69 Å². The molecule has 1 aliphatic rings. The molecule has 160 valence electrons. The lowest BCUT2D eigenvalue weighted by Crippen LogP contribution is -2.42. The summed E-state index contributed by atoms with van der Waals surface area (Å²) >= 11 is 6.67. The number of pyridine rings is 1. The van der Waals surface area contributed by atoms with Gasteiger partial charge in [-0.1, -0.05) is 60.7 Å². The maximum absolute atomic E-state index is 6.67. The van der Waals surface area contributed by atoms with Crippen LogP contribution in [0.3, 0.4) is 0 Å². The minimum absolute atomic E-state index is 0.514. The van der Waals surface area contributed by atoms with Gasteiger partial charge >= 0.3 is 0 Å². The number of nitrogens with zero attached hydrogens (tertiary/aromatic N) is 1. The number of aryl methyl sites for hydroxylation is 1. The largest absolute Gasteiger partial charge is 0.489 e. The van der Waals surface area contributed by atoms with Crippen molar-refractivity contribution in [3.63, 3.8) is 0 Å². The second-order valence-corrected chi connectivity index (χ2v) is 8.46. The van der Waals surface area contributed by atoms with E-state index in [9.17, 15) is 0 Å². The Morgan fingerprint density at radius 2 is 1.47 bits per heavy atom. The molecular weight excluding hydrogens is 418 g/mol. The van der Waals surface area contributed by atoms with Crippen LogP contribution >= 0.6 is 11.6 Å². The molecule has 5 rings (SSSR count). The van der Waals surface area contributed by atoms with E-state index in [1.54, 1.807) is 0 Å². The molecule has 2 heterocycles. The van der Waals surface area contributed by atoms with E-state index in [1.165, 1.54) is 11.1 Å². The van der Waals surface area contributed by atoms with Gasteiger partial charge in [-0.25, -0.2) is 0 Å². The van der Waals surface area contributed by atoms with E-state index < -0.39 is 0 Å². The normalized spacial score (nSPS) is 12.1. The summed E-state index contributed by atoms with van der Waals surface area (Å²) in [4.78, 5) is 0. The molecule has 3 nitrogen and oxygen atoms in total. The van der Waals surface area contributed by atoms with Crippen molar-refractivity contribution in [3.8, 4) is 22.8 Å². The maximum Gasteiger partial charge on any atom is 0.279 e. The van der Waals surface area contributed by atoms with E-state index in [0.29, 0.717) is 18.4 Å². The third kappa shape index (κ3) is 4.21. The van der Waals surface area contributed by atoms with Gasteiger partial charge in [-0.05, 0) is 53.4 Å². The highest BCUT2D eigenvalue weighted by molar-refractivity contribution is 6.28. The number of benzene rings is 3. The molecule has 4 heteroatoms. The van der Waals surface area contributed by atoms with Gasteiger partial charge in [0.05, 0.1) is 17.2 Å². The molecule has 1 aromatic heterocycles. The molecule has 0 N–H and O–H groups in total. The Balaban J connectivity index is 1.42. The summed E-state index contributed by atoms with van der Waals surface area (Å²) in [5, 5.41) is 0.698. The number of ether oxygens (including phenoxy) is 2. The Hall–Kier alpha value is -3.30. The van der Waals surface area contributed by atoms with Gasteiger partial charge < -0.3 is 9.47 Å². The van der Waals surface area contributed by atoms with Crippen LogP contribution < -0.4 is 14.0 Å². The third-order valence-electron chi connectivity index (χ3n) is 5.92. The summed E-state index contributed by atoms with van der Waals surface area (Å²) in [5.41, 5.74) is 6.98. The summed E-state index contributed by atoms with van der Waals surface area (Å²) in [5.74, 6) is 1.71. The van der Waals surface area contributed by atoms with Gasteiger partial charge in [-0.3, -0.25) is 0 Å². The zero-order valence-electron chi connectivity index (χ0n) is 18.1. The Bertz CT molecular complexity index is 1240. The summed E-state index contributed by atoms with van der Waals surface area (Å²) in [6, 6.07) is 28.7. The van der Waals surface area contributed by atoms with Crippen molar-refractivity contribution in [3.05, 3.63) is 112 Å². The van der Waals surface area contributed by atoms with E-state index >= 15 is 0 Å². The molecule has 0 spiro atoms. The highest BCUT2D eigenvalue weighted by atomic mass is 35.5. The average molecular weight is 443 g/mol. The number of hydrogen-bond donors (Lipinski definition) is 0. The van der Waals surface area contributed by atoms with Crippen LogP contribution in [0.2, 0.25) is 5.15 Å². The Morgan fingerprint density at radius 3 is 2.16 bits per heavy atom. The molecule has 0 bridgehead atoms. The van der Waals surface area contributed by atoms with Crippen molar-refractivity contribution >= 4 is 11.6 Å². The molecule has 0 amide bonds. The van der Waals surface area contributed by atoms with E-state index in [1.807, 2.05) is 48.5 Å². The molecule has 1 aliphatic heterocycles. The molecule has 0 aliphatic carbocycles. The van der Waals surface area contributed by atoms with E-state index in [-0.39, 0.29) is 0 Å². The molecule has 0 radical (unpaired) electrons. The fourth-order valence-electron chi connectivity index (χ4n) is 4.24. The predicted octanol–water partition coefficient (Wildman–Crippen LogP) is 6.32. The highest BCUT2D eigenvalue weighted by Gasteiger charge is 2.30. The molecule has 0 unspecified atom stereocenters. The van der Waals surface area contributed by atoms with Crippen molar-refractivity contribution < 1.29 is 14.0 Å². The Kier molecular flexibility index (Phi) is 5.83. The number of fused-ring (bicyclic) bond motifs is 3. The van der Waals surface area contributed by atoms with Crippen molar-refractivity contribution in [2.45, 2.75) is 33.1 Å². The number of aromatic nitrogens is 1. The van der Waals surface area contributed by atoms with Gasteiger partial charge in [-0.15, -0.1) is 0 Å². The first-order valence-electron chi connectivity index (χ1n) is 10.9. The van der Waals surface area contributed by atoms with E-state index in [2.05, 4.69) is 47.9 Å². The number of halogens is 1. The molecular formula is C28H25ClNO2+. The molecule has 0 fully saturated rings. The Labute approximate surface area is 193 Å². The number of rotatable bonds is 6. The van der Waals surface area contributed by atoms with Crippen molar-refractivity contribution in [2.75, 3.05) is 0 Å². The zero-order chi connectivity index (χ0) is 21.9. The first-order chi connectivity index (χ1) is 15.7. The quantitative estimate of drug-likeness (QED) is 0.257. The van der Waals surface area contributed by atoms with E-state index in [0.717, 1.165) is 46.8 Å². The minimum Gasteiger partial charge on any atom is -0.489 e. The summed E-state index contributed by atoms with van der Waals surface area (Å²) in [6.07, 6.45) is 0.916. The molecule has 0 saturated heterocycles. The lowest BCUT2D eigenvalue weighted by Gasteiger charge is -2.20. The fraction of sp³-hybridized carbons (Fsp3) is 0.179. The van der Waals surface area contributed by atoms with Gasteiger partial charge in [0.25, 0.3) is 5.15 Å². The summed E-state index contributed by atoms with van der Waals surface area (Å²) < 4.78 is 14.4. The van der Waals surface area contributed by atoms with Gasteiger partial charge in [-0.2, -0.15) is 4.57 Å². The number of hydrogen-bond acceptors (Lipinski definition) is 2. The minimum atomic E-state index is 0.514. The fourth-order valence-corrected chi connectivity index (χ4v) is 4.51. The van der Waals surface area contributed by atoms with Crippen molar-refractivity contribution in [2.24, 2.45) is 0 Å². The topological polar surface area (TPSA) is 22.3 Å². The first kappa shape index (κ1) is 20.6. The van der Waals surface area contributed by atoms with Crippen molar-refractivity contribution in [1.82, 2.24) is 0 Å². The second kappa shape index (κ2) is 9.05. The first-order valence-corrected chi connectivity index (χ1v) is 11.3. The van der Waals surface area contributed by atoms with Crippen molar-refractivity contribution in [1.29, 1.82) is 0 Å². The molecule has 0 saturated carbocycles. The lowest BCUT2D eigenvalue weighted by molar-refractivity contribution is -0.685. The van der Waals surface area contributed by atoms with Gasteiger partial charge in [0.1, 0.15) is 24.7 Å². The average Bonchev–Trinajstić information content (AvgIpc) is 2.84. The third-order valence-corrected chi connectivity index (χ3v) is 6.24. The van der Waals surface area contributed by atoms with Crippen LogP contribution in [-0.2, 0) is 26.2 Å². The summed E-state index contributed by atoms with van der Waals surface area (Å²) in [7, 11) is 0. The van der Waals surface area contributed by atoms with Gasteiger partial charge in [0, 0.05) is 6.42 Å². The van der Waals surface area contributed by atoms with E-state index in [4.69, 9.17) is 21.1 Å². The summed E-state index contributed by atoms with van der Waals surface area (Å²) in [6.45, 7) is 4.02. The molecule has 3 aromatic carbocycles. The Morgan fingerprint density at radius 1 is 0.812 bits per heavy atom. The van der Waals surface area contributed by atoms with Crippen LogP contribution in [0.5, 0.6) is 11.5 Å². The SMILES string of the molecule is Cc1c(OCc2ccccc2)cc(Cl)[n+]2c1-c1ccc(OCc3ccccc3)cc1CC2. The van der Waals surface area contributed by atoms with Crippen LogP contribution in [0, 0.1) is 6.92 Å². The van der Waals surface area contributed by atoms with Crippen LogP contribution in [0.1, 0.15) is 22.3 Å². The second-order valence-electron chi connectivity index (χ2n) is 8.07. The molecule has 0 atom stereocenters. The standard InChI is InChI=1S/C28H25ClNO2/c1-20-26(32-19-22-10-6-3-7-11-22)17-27(29)30-15-14-23-16-24(12-13-25(23)28(20)30)31-18-21-8-4-2-5-9-21/h2-13,16-17H,14-15,18-19H2,1H3/q+1. The lowest BCUT2D eigenvalue weighted by atomic mass is 9.94. The van der Waals surface area contributed by atoms with Crippen LogP contribution in [0.15, 0.2) is 84.9 Å². The van der Waals surface area contributed by atoms with Crippen LogP contribution in [0.4, 0.5) is 0 Å². The highest BCUT2D eigenvalue weighted by Crippen LogP contribution is 2.36. The monoisotopic (exact) mass is 442 g/mol. The maximum atomic E-state index is 6.67. The molecule has 4 aromatic rings. The zero-order valence-corrected chi connectivity index (χ0v) is 18.8. The van der Waals surface area contributed by atoms with Crippen LogP contribution in [-0.4, -0.2) is 0 Å². The van der Waals surface area contributed by atoms with Gasteiger partial charge in [0.15, 0.2) is 6.54 Å². The smallest absolute Gasteiger partial charge is 0.279 e. The predicted molar refractivity (Wildman–Crippen MR) is 127 cm³/mol. The molecule has 32 heavy (non-hydrogen) atoms. The van der Waals surface area contributed by atoms with Crippen LogP contribution in [0.25, 0.3) is 11.3 Å².